The maximum Gasteiger partial charge on any atom is 0.231 e. The first kappa shape index (κ1) is 24.0. The number of nitrogens with one attached hydrogen (secondary N) is 1. The summed E-state index contributed by atoms with van der Waals surface area (Å²) in [7, 11) is -0.585. The molecule has 3 aromatic heterocycles. The van der Waals surface area contributed by atoms with Crippen LogP contribution in [0.4, 0.5) is 5.82 Å². The standard InChI is InChI=1S/C23H24N6O5S/c1-6-14-20(28-35(5,30)31)26-23-21(25-14)27-22(15-10-8-13-18(24-15)34-7-2)29(23)19-16(32-3)11-9-12-17(19)33-4/h6,8-13H,1,7H2,2-5H3,(H,26,28). The number of anilines is 1. The highest BCUT2D eigenvalue weighted by Crippen LogP contribution is 2.38. The predicted octanol–water partition coefficient (Wildman–Crippen LogP) is 3.31. The third-order valence-corrected chi connectivity index (χ3v) is 5.43. The van der Waals surface area contributed by atoms with Gasteiger partial charge in [-0.2, -0.15) is 0 Å². The molecule has 0 unspecified atom stereocenters. The topological polar surface area (TPSA) is 130 Å². The van der Waals surface area contributed by atoms with Crippen molar-refractivity contribution < 1.29 is 22.6 Å². The van der Waals surface area contributed by atoms with Crippen LogP contribution in [0, 0.1) is 0 Å². The average Bonchev–Trinajstić information content (AvgIpc) is 3.20. The quantitative estimate of drug-likeness (QED) is 0.371. The van der Waals surface area contributed by atoms with Gasteiger partial charge in [-0.1, -0.05) is 18.7 Å². The monoisotopic (exact) mass is 496 g/mol. The summed E-state index contributed by atoms with van der Waals surface area (Å²) >= 11 is 0. The molecule has 1 aromatic carbocycles. The van der Waals surface area contributed by atoms with E-state index >= 15 is 0 Å². The van der Waals surface area contributed by atoms with E-state index < -0.39 is 10.0 Å². The van der Waals surface area contributed by atoms with E-state index in [1.54, 1.807) is 41.0 Å². The number of fused-ring (bicyclic) bond motifs is 1. The molecule has 0 bridgehead atoms. The van der Waals surface area contributed by atoms with Crippen molar-refractivity contribution in [3.8, 4) is 34.6 Å². The molecule has 0 aliphatic heterocycles. The summed E-state index contributed by atoms with van der Waals surface area (Å²) in [5.74, 6) is 1.74. The minimum atomic E-state index is -3.65. The lowest BCUT2D eigenvalue weighted by Crippen LogP contribution is -2.13. The van der Waals surface area contributed by atoms with E-state index in [1.807, 2.05) is 6.92 Å². The lowest BCUT2D eigenvalue weighted by atomic mass is 10.2. The third kappa shape index (κ3) is 4.73. The number of hydrogen-bond donors (Lipinski definition) is 1. The second kappa shape index (κ2) is 9.58. The van der Waals surface area contributed by atoms with Crippen LogP contribution in [-0.2, 0) is 10.0 Å². The van der Waals surface area contributed by atoms with E-state index in [0.29, 0.717) is 41.2 Å². The maximum absolute atomic E-state index is 12.0. The molecule has 4 rings (SSSR count). The molecule has 35 heavy (non-hydrogen) atoms. The number of ether oxygens (including phenoxy) is 3. The van der Waals surface area contributed by atoms with Gasteiger partial charge in [0.2, 0.25) is 15.9 Å². The van der Waals surface area contributed by atoms with Gasteiger partial charge in [-0.3, -0.25) is 9.29 Å². The van der Waals surface area contributed by atoms with E-state index in [9.17, 15) is 8.42 Å². The lowest BCUT2D eigenvalue weighted by Gasteiger charge is -2.16. The van der Waals surface area contributed by atoms with Gasteiger partial charge in [-0.25, -0.2) is 28.4 Å². The minimum Gasteiger partial charge on any atom is -0.494 e. The Morgan fingerprint density at radius 3 is 2.31 bits per heavy atom. The summed E-state index contributed by atoms with van der Waals surface area (Å²) in [5.41, 5.74) is 1.68. The first-order valence-corrected chi connectivity index (χ1v) is 12.4. The average molecular weight is 497 g/mol. The van der Waals surface area contributed by atoms with Crippen LogP contribution in [0.5, 0.6) is 17.4 Å². The lowest BCUT2D eigenvalue weighted by molar-refractivity contribution is 0.327. The third-order valence-electron chi connectivity index (χ3n) is 4.87. The molecule has 0 saturated carbocycles. The Morgan fingerprint density at radius 2 is 1.71 bits per heavy atom. The van der Waals surface area contributed by atoms with Gasteiger partial charge < -0.3 is 14.2 Å². The molecular weight excluding hydrogens is 472 g/mol. The zero-order valence-electron chi connectivity index (χ0n) is 19.6. The van der Waals surface area contributed by atoms with Gasteiger partial charge in [-0.15, -0.1) is 0 Å². The van der Waals surface area contributed by atoms with Gasteiger partial charge in [0.25, 0.3) is 0 Å². The summed E-state index contributed by atoms with van der Waals surface area (Å²) in [5, 5.41) is 0. The second-order valence-electron chi connectivity index (χ2n) is 7.26. The van der Waals surface area contributed by atoms with Crippen molar-refractivity contribution in [3.05, 3.63) is 48.7 Å². The zero-order chi connectivity index (χ0) is 25.2. The van der Waals surface area contributed by atoms with E-state index in [0.717, 1.165) is 6.26 Å². The number of hydrogen-bond acceptors (Lipinski definition) is 9. The van der Waals surface area contributed by atoms with Gasteiger partial charge in [0.05, 0.1) is 27.1 Å². The molecule has 0 atom stereocenters. The number of benzene rings is 1. The molecule has 0 fully saturated rings. The smallest absolute Gasteiger partial charge is 0.231 e. The Balaban J connectivity index is 2.12. The Kier molecular flexibility index (Phi) is 6.56. The van der Waals surface area contributed by atoms with Crippen molar-refractivity contribution >= 4 is 33.2 Å². The summed E-state index contributed by atoms with van der Waals surface area (Å²) in [6.45, 7) is 6.03. The highest BCUT2D eigenvalue weighted by Gasteiger charge is 2.25. The van der Waals surface area contributed by atoms with Crippen LogP contribution in [-0.4, -0.2) is 60.0 Å². The number of nitrogens with zero attached hydrogens (tertiary/aromatic N) is 5. The second-order valence-corrected chi connectivity index (χ2v) is 9.01. The van der Waals surface area contributed by atoms with Crippen molar-refractivity contribution in [2.45, 2.75) is 6.92 Å². The summed E-state index contributed by atoms with van der Waals surface area (Å²) in [4.78, 5) is 18.3. The number of sulfonamides is 1. The molecule has 0 aliphatic rings. The van der Waals surface area contributed by atoms with Crippen LogP contribution in [0.3, 0.4) is 0 Å². The molecular formula is C23H24N6O5S. The fourth-order valence-corrected chi connectivity index (χ4v) is 4.00. The predicted molar refractivity (Wildman–Crippen MR) is 133 cm³/mol. The summed E-state index contributed by atoms with van der Waals surface area (Å²) < 4.78 is 44.8. The van der Waals surface area contributed by atoms with Crippen molar-refractivity contribution in [3.63, 3.8) is 0 Å². The van der Waals surface area contributed by atoms with Crippen molar-refractivity contribution in [2.75, 3.05) is 31.8 Å². The maximum atomic E-state index is 12.0. The molecule has 0 spiro atoms. The molecule has 182 valence electrons. The molecule has 3 heterocycles. The Bertz CT molecular complexity index is 1490. The van der Waals surface area contributed by atoms with Crippen molar-refractivity contribution in [1.82, 2.24) is 24.5 Å². The fraction of sp³-hybridized carbons (Fsp3) is 0.217. The first-order chi connectivity index (χ1) is 16.8. The Labute approximate surface area is 202 Å². The fourth-order valence-electron chi connectivity index (χ4n) is 3.50. The molecule has 11 nitrogen and oxygen atoms in total. The normalized spacial score (nSPS) is 11.3. The van der Waals surface area contributed by atoms with Crippen LogP contribution >= 0.6 is 0 Å². The minimum absolute atomic E-state index is 0.00703. The summed E-state index contributed by atoms with van der Waals surface area (Å²) in [6.07, 6.45) is 2.43. The van der Waals surface area contributed by atoms with Crippen LogP contribution in [0.15, 0.2) is 43.0 Å². The van der Waals surface area contributed by atoms with Gasteiger partial charge in [-0.05, 0) is 31.2 Å². The van der Waals surface area contributed by atoms with Gasteiger partial charge >= 0.3 is 0 Å². The number of imidazole rings is 1. The van der Waals surface area contributed by atoms with Crippen LogP contribution < -0.4 is 18.9 Å². The van der Waals surface area contributed by atoms with E-state index in [-0.39, 0.29) is 22.8 Å². The largest absolute Gasteiger partial charge is 0.494 e. The zero-order valence-corrected chi connectivity index (χ0v) is 20.5. The van der Waals surface area contributed by atoms with Crippen molar-refractivity contribution in [2.24, 2.45) is 0 Å². The van der Waals surface area contributed by atoms with Gasteiger partial charge in [0.15, 0.2) is 22.9 Å². The molecule has 12 heteroatoms. The van der Waals surface area contributed by atoms with Crippen LogP contribution in [0.25, 0.3) is 34.6 Å². The van der Waals surface area contributed by atoms with E-state index in [2.05, 4.69) is 26.3 Å². The molecule has 0 aliphatic carbocycles. The first-order valence-electron chi connectivity index (χ1n) is 10.5. The molecule has 4 aromatic rings. The highest BCUT2D eigenvalue weighted by molar-refractivity contribution is 7.92. The molecule has 0 radical (unpaired) electrons. The Morgan fingerprint density at radius 1 is 1.03 bits per heavy atom. The SMILES string of the molecule is C=Cc1nc2nc(-c3cccc(OCC)n3)n(-c3c(OC)cccc3OC)c2nc1NS(C)(=O)=O. The number of aromatic nitrogens is 5. The molecule has 0 saturated heterocycles. The molecule has 0 amide bonds. The Hall–Kier alpha value is -4.19. The highest BCUT2D eigenvalue weighted by atomic mass is 32.2. The number of methoxy groups -OCH3 is 2. The number of pyridine rings is 1. The van der Waals surface area contributed by atoms with Gasteiger partial charge in [0.1, 0.15) is 28.6 Å². The number of para-hydroxylation sites is 1. The summed E-state index contributed by atoms with van der Waals surface area (Å²) in [6, 6.07) is 10.6. The molecule has 1 N–H and O–H groups in total. The van der Waals surface area contributed by atoms with Gasteiger partial charge in [0, 0.05) is 6.07 Å². The van der Waals surface area contributed by atoms with E-state index in [1.165, 1.54) is 20.3 Å². The number of rotatable bonds is 9. The van der Waals surface area contributed by atoms with E-state index in [4.69, 9.17) is 19.2 Å². The van der Waals surface area contributed by atoms with Crippen molar-refractivity contribution in [1.29, 1.82) is 0 Å². The van der Waals surface area contributed by atoms with Crippen LogP contribution in [0.2, 0.25) is 0 Å². The van der Waals surface area contributed by atoms with Crippen LogP contribution in [0.1, 0.15) is 12.6 Å².